The number of hydrogen-bond acceptors (Lipinski definition) is 0. The van der Waals surface area contributed by atoms with E-state index in [2.05, 4.69) is 94.8 Å². The molecule has 0 radical (unpaired) electrons. The van der Waals surface area contributed by atoms with E-state index in [1.54, 1.807) is 0 Å². The maximum Gasteiger partial charge on any atom is 0.0181 e. The van der Waals surface area contributed by atoms with Gasteiger partial charge in [-0.05, 0) is 55.2 Å². The highest BCUT2D eigenvalue weighted by atomic mass is 79.9. The van der Waals surface area contributed by atoms with Crippen LogP contribution in [0.25, 0.3) is 43.1 Å². The molecule has 0 nitrogen and oxygen atoms in total. The molecular weight excluding hydrogens is 344 g/mol. The van der Waals surface area contributed by atoms with Crippen LogP contribution in [0.1, 0.15) is 0 Å². The van der Waals surface area contributed by atoms with E-state index in [0.717, 1.165) is 4.47 Å². The lowest BCUT2D eigenvalue weighted by Gasteiger charge is -2.11. The van der Waals surface area contributed by atoms with Crippen LogP contribution in [0.3, 0.4) is 0 Å². The second-order valence-corrected chi connectivity index (χ2v) is 6.90. The summed E-state index contributed by atoms with van der Waals surface area (Å²) in [6.45, 7) is 0. The van der Waals surface area contributed by atoms with Crippen molar-refractivity contribution in [3.05, 3.63) is 83.3 Å². The Morgan fingerprint density at radius 1 is 0.478 bits per heavy atom. The lowest BCUT2D eigenvalue weighted by Crippen LogP contribution is -1.83. The second kappa shape index (κ2) is 4.81. The quantitative estimate of drug-likeness (QED) is 0.260. The van der Waals surface area contributed by atoms with Crippen LogP contribution in [0, 0.1) is 0 Å². The molecule has 0 aliphatic carbocycles. The van der Waals surface area contributed by atoms with Crippen LogP contribution in [-0.4, -0.2) is 0 Å². The third-order valence-electron chi connectivity index (χ3n) is 4.67. The molecule has 0 spiro atoms. The summed E-state index contributed by atoms with van der Waals surface area (Å²) in [6, 6.07) is 28.5. The summed E-state index contributed by atoms with van der Waals surface area (Å²) in [5, 5.41) is 10.5. The Kier molecular flexibility index (Phi) is 2.74. The second-order valence-electron chi connectivity index (χ2n) is 5.98. The molecule has 0 saturated heterocycles. The fourth-order valence-electron chi connectivity index (χ4n) is 3.61. The monoisotopic (exact) mass is 356 g/mol. The molecule has 0 aromatic heterocycles. The van der Waals surface area contributed by atoms with Gasteiger partial charge in [-0.3, -0.25) is 0 Å². The van der Waals surface area contributed by atoms with Gasteiger partial charge in [-0.1, -0.05) is 82.7 Å². The largest absolute Gasteiger partial charge is 0.0616 e. The number of benzene rings is 5. The highest BCUT2D eigenvalue weighted by molar-refractivity contribution is 9.10. The Labute approximate surface area is 142 Å². The smallest absolute Gasteiger partial charge is 0.0181 e. The van der Waals surface area contributed by atoms with Crippen LogP contribution in [0.4, 0.5) is 0 Å². The van der Waals surface area contributed by atoms with Gasteiger partial charge in [0.2, 0.25) is 0 Å². The van der Waals surface area contributed by atoms with E-state index in [9.17, 15) is 0 Å². The zero-order chi connectivity index (χ0) is 15.4. The van der Waals surface area contributed by atoms with Crippen molar-refractivity contribution in [3.63, 3.8) is 0 Å². The molecule has 1 heteroatoms. The minimum atomic E-state index is 1.12. The lowest BCUT2D eigenvalue weighted by atomic mass is 9.93. The molecule has 0 unspecified atom stereocenters. The fourth-order valence-corrected chi connectivity index (χ4v) is 3.97. The van der Waals surface area contributed by atoms with Crippen LogP contribution in [0.2, 0.25) is 0 Å². The van der Waals surface area contributed by atoms with Gasteiger partial charge in [0.25, 0.3) is 0 Å². The predicted octanol–water partition coefficient (Wildman–Crippen LogP) is 7.06. The van der Waals surface area contributed by atoms with Crippen molar-refractivity contribution < 1.29 is 0 Å². The molecule has 0 aliphatic heterocycles. The maximum atomic E-state index is 3.63. The molecule has 0 heterocycles. The van der Waals surface area contributed by atoms with Crippen LogP contribution in [0.15, 0.2) is 83.3 Å². The zero-order valence-electron chi connectivity index (χ0n) is 12.4. The highest BCUT2D eigenvalue weighted by Gasteiger charge is 2.08. The normalized spacial score (nSPS) is 11.7. The third-order valence-corrected chi connectivity index (χ3v) is 5.16. The molecule has 5 aromatic rings. The van der Waals surface area contributed by atoms with Gasteiger partial charge < -0.3 is 0 Å². The molecule has 0 saturated carbocycles. The first kappa shape index (κ1) is 13.1. The molecular formula is C22H13Br. The van der Waals surface area contributed by atoms with Gasteiger partial charge >= 0.3 is 0 Å². The van der Waals surface area contributed by atoms with Gasteiger partial charge in [0.15, 0.2) is 0 Å². The van der Waals surface area contributed by atoms with Crippen molar-refractivity contribution in [1.29, 1.82) is 0 Å². The Morgan fingerprint density at radius 3 is 1.74 bits per heavy atom. The molecule has 0 fully saturated rings. The molecule has 5 rings (SSSR count). The van der Waals surface area contributed by atoms with Gasteiger partial charge in [0, 0.05) is 4.47 Å². The van der Waals surface area contributed by atoms with Gasteiger partial charge in [-0.25, -0.2) is 0 Å². The van der Waals surface area contributed by atoms with Crippen LogP contribution in [0.5, 0.6) is 0 Å². The van der Waals surface area contributed by atoms with E-state index in [0.29, 0.717) is 0 Å². The van der Waals surface area contributed by atoms with E-state index >= 15 is 0 Å². The number of halogens is 1. The molecule has 5 aromatic carbocycles. The average Bonchev–Trinajstić information content (AvgIpc) is 2.60. The fraction of sp³-hybridized carbons (Fsp3) is 0. The molecule has 0 amide bonds. The average molecular weight is 357 g/mol. The van der Waals surface area contributed by atoms with Crippen molar-refractivity contribution >= 4 is 59.0 Å². The van der Waals surface area contributed by atoms with Gasteiger partial charge in [-0.15, -0.1) is 0 Å². The van der Waals surface area contributed by atoms with E-state index in [-0.39, 0.29) is 0 Å². The van der Waals surface area contributed by atoms with E-state index in [1.807, 2.05) is 0 Å². The Bertz CT molecular complexity index is 1210. The maximum absolute atomic E-state index is 3.63. The van der Waals surface area contributed by atoms with Crippen LogP contribution in [-0.2, 0) is 0 Å². The Balaban J connectivity index is 2.17. The molecule has 0 bridgehead atoms. The van der Waals surface area contributed by atoms with Gasteiger partial charge in [0.1, 0.15) is 0 Å². The Morgan fingerprint density at radius 2 is 1.00 bits per heavy atom. The highest BCUT2D eigenvalue weighted by Crippen LogP contribution is 2.37. The van der Waals surface area contributed by atoms with Crippen molar-refractivity contribution in [2.24, 2.45) is 0 Å². The molecule has 0 aliphatic rings. The van der Waals surface area contributed by atoms with Crippen molar-refractivity contribution in [2.45, 2.75) is 0 Å². The van der Waals surface area contributed by atoms with Crippen molar-refractivity contribution in [3.8, 4) is 0 Å². The van der Waals surface area contributed by atoms with Crippen molar-refractivity contribution in [2.75, 3.05) is 0 Å². The number of hydrogen-bond donors (Lipinski definition) is 0. The number of rotatable bonds is 0. The SMILES string of the molecule is Brc1ccc2ccc3ccc4ccc5ccccc5c4c3c2c1. The van der Waals surface area contributed by atoms with Crippen LogP contribution >= 0.6 is 15.9 Å². The summed E-state index contributed by atoms with van der Waals surface area (Å²) < 4.78 is 1.12. The van der Waals surface area contributed by atoms with Gasteiger partial charge in [0.05, 0.1) is 0 Å². The molecule has 23 heavy (non-hydrogen) atoms. The summed E-state index contributed by atoms with van der Waals surface area (Å²) in [5.74, 6) is 0. The van der Waals surface area contributed by atoms with Crippen molar-refractivity contribution in [1.82, 2.24) is 0 Å². The summed E-state index contributed by atoms with van der Waals surface area (Å²) in [5.41, 5.74) is 0. The number of fused-ring (bicyclic) bond motifs is 7. The first-order chi connectivity index (χ1) is 11.3. The van der Waals surface area contributed by atoms with E-state index < -0.39 is 0 Å². The molecule has 108 valence electrons. The minimum Gasteiger partial charge on any atom is -0.0616 e. The lowest BCUT2D eigenvalue weighted by molar-refractivity contribution is 1.73. The summed E-state index contributed by atoms with van der Waals surface area (Å²) in [4.78, 5) is 0. The van der Waals surface area contributed by atoms with Crippen LogP contribution < -0.4 is 0 Å². The first-order valence-corrected chi connectivity index (χ1v) is 8.53. The zero-order valence-corrected chi connectivity index (χ0v) is 14.0. The predicted molar refractivity (Wildman–Crippen MR) is 104 cm³/mol. The first-order valence-electron chi connectivity index (χ1n) is 7.74. The minimum absolute atomic E-state index is 1.12. The van der Waals surface area contributed by atoms with E-state index in [1.165, 1.54) is 43.1 Å². The molecule has 0 atom stereocenters. The van der Waals surface area contributed by atoms with E-state index in [4.69, 9.17) is 0 Å². The topological polar surface area (TPSA) is 0 Å². The summed E-state index contributed by atoms with van der Waals surface area (Å²) in [7, 11) is 0. The standard InChI is InChI=1S/C22H13Br/c23-18-12-11-15-6-8-17-10-9-16-7-5-14-3-1-2-4-19(14)21(16)22(17)20(15)13-18/h1-13H. The third kappa shape index (κ3) is 1.90. The summed E-state index contributed by atoms with van der Waals surface area (Å²) >= 11 is 3.63. The summed E-state index contributed by atoms with van der Waals surface area (Å²) in [6.07, 6.45) is 0. The van der Waals surface area contributed by atoms with Gasteiger partial charge in [-0.2, -0.15) is 0 Å². The molecule has 0 N–H and O–H groups in total. The Hall–Kier alpha value is -2.38.